The third-order valence-electron chi connectivity index (χ3n) is 2.40. The van der Waals surface area contributed by atoms with E-state index in [0.29, 0.717) is 19.8 Å². The van der Waals surface area contributed by atoms with Crippen LogP contribution in [-0.2, 0) is 22.6 Å². The van der Waals surface area contributed by atoms with Gasteiger partial charge in [0.25, 0.3) is 0 Å². The molecular formula is C12H23N3O2. The first kappa shape index (κ1) is 14.2. The van der Waals surface area contributed by atoms with Crippen LogP contribution < -0.4 is 5.32 Å². The zero-order valence-corrected chi connectivity index (χ0v) is 10.8. The maximum atomic E-state index is 5.36. The predicted molar refractivity (Wildman–Crippen MR) is 66.9 cm³/mol. The first-order chi connectivity index (χ1) is 8.38. The average molecular weight is 241 g/mol. The lowest BCUT2D eigenvalue weighted by Gasteiger charge is -2.08. The molecule has 1 aromatic heterocycles. The van der Waals surface area contributed by atoms with Gasteiger partial charge in [-0.15, -0.1) is 0 Å². The molecule has 5 heteroatoms. The van der Waals surface area contributed by atoms with Crippen LogP contribution in [0.5, 0.6) is 0 Å². The van der Waals surface area contributed by atoms with Crippen molar-refractivity contribution in [2.75, 3.05) is 33.5 Å². The molecule has 0 fully saturated rings. The summed E-state index contributed by atoms with van der Waals surface area (Å²) in [6, 6.07) is 0. The maximum absolute atomic E-state index is 5.36. The largest absolute Gasteiger partial charge is 0.382 e. The number of methoxy groups -OCH3 is 1. The number of rotatable bonds is 10. The second-order valence-electron chi connectivity index (χ2n) is 3.82. The Morgan fingerprint density at radius 2 is 2.24 bits per heavy atom. The molecule has 17 heavy (non-hydrogen) atoms. The molecule has 5 nitrogen and oxygen atoms in total. The summed E-state index contributed by atoms with van der Waals surface area (Å²) in [5, 5.41) is 3.31. The molecule has 0 aromatic carbocycles. The number of nitrogens with zero attached hydrogens (tertiary/aromatic N) is 2. The molecule has 0 aliphatic carbocycles. The highest BCUT2D eigenvalue weighted by Crippen LogP contribution is 1.98. The van der Waals surface area contributed by atoms with Gasteiger partial charge in [-0.2, -0.15) is 0 Å². The van der Waals surface area contributed by atoms with Crippen LogP contribution in [0.15, 0.2) is 12.4 Å². The number of aryl methyl sites for hydroxylation is 1. The molecule has 0 atom stereocenters. The predicted octanol–water partition coefficient (Wildman–Crippen LogP) is 1.05. The highest BCUT2D eigenvalue weighted by Gasteiger charge is 2.00. The van der Waals surface area contributed by atoms with Crippen LogP contribution in [0.4, 0.5) is 0 Å². The van der Waals surface area contributed by atoms with Crippen LogP contribution >= 0.6 is 0 Å². The Labute approximate surface area is 103 Å². The SMILES string of the molecule is CCCn1ccnc1CNCCOCCOC. The van der Waals surface area contributed by atoms with E-state index in [1.165, 1.54) is 0 Å². The molecule has 98 valence electrons. The molecule has 0 spiro atoms. The Kier molecular flexibility index (Phi) is 7.62. The molecular weight excluding hydrogens is 218 g/mol. The molecule has 0 bridgehead atoms. The van der Waals surface area contributed by atoms with Crippen LogP contribution in [-0.4, -0.2) is 43.0 Å². The van der Waals surface area contributed by atoms with E-state index in [4.69, 9.17) is 9.47 Å². The molecule has 0 aliphatic heterocycles. The Hall–Kier alpha value is -0.910. The van der Waals surface area contributed by atoms with Gasteiger partial charge in [0.15, 0.2) is 0 Å². The maximum Gasteiger partial charge on any atom is 0.122 e. The zero-order chi connectivity index (χ0) is 12.3. The van der Waals surface area contributed by atoms with E-state index >= 15 is 0 Å². The van der Waals surface area contributed by atoms with Crippen molar-refractivity contribution in [1.82, 2.24) is 14.9 Å². The van der Waals surface area contributed by atoms with Crippen LogP contribution in [0, 0.1) is 0 Å². The van der Waals surface area contributed by atoms with Gasteiger partial charge in [-0.25, -0.2) is 4.98 Å². The minimum Gasteiger partial charge on any atom is -0.382 e. The van der Waals surface area contributed by atoms with Gasteiger partial charge in [0, 0.05) is 32.6 Å². The normalized spacial score (nSPS) is 10.9. The van der Waals surface area contributed by atoms with Crippen molar-refractivity contribution in [3.8, 4) is 0 Å². The Bertz CT molecular complexity index is 289. The summed E-state index contributed by atoms with van der Waals surface area (Å²) in [5.74, 6) is 1.09. The van der Waals surface area contributed by atoms with E-state index in [0.717, 1.165) is 31.9 Å². The van der Waals surface area contributed by atoms with Crippen molar-refractivity contribution in [3.05, 3.63) is 18.2 Å². The molecule has 0 saturated carbocycles. The van der Waals surface area contributed by atoms with Crippen LogP contribution in [0.2, 0.25) is 0 Å². The quantitative estimate of drug-likeness (QED) is 0.622. The molecule has 0 radical (unpaired) electrons. The van der Waals surface area contributed by atoms with Crippen molar-refractivity contribution in [2.24, 2.45) is 0 Å². The van der Waals surface area contributed by atoms with Crippen LogP contribution in [0.3, 0.4) is 0 Å². The summed E-state index contributed by atoms with van der Waals surface area (Å²) in [5.41, 5.74) is 0. The monoisotopic (exact) mass is 241 g/mol. The molecule has 1 N–H and O–H groups in total. The summed E-state index contributed by atoms with van der Waals surface area (Å²) in [6.45, 7) is 6.84. The van der Waals surface area contributed by atoms with Gasteiger partial charge in [0.2, 0.25) is 0 Å². The van der Waals surface area contributed by atoms with Gasteiger partial charge >= 0.3 is 0 Å². The number of aromatic nitrogens is 2. The van der Waals surface area contributed by atoms with E-state index in [9.17, 15) is 0 Å². The Morgan fingerprint density at radius 3 is 3.00 bits per heavy atom. The minimum absolute atomic E-state index is 0.654. The van der Waals surface area contributed by atoms with Crippen molar-refractivity contribution in [3.63, 3.8) is 0 Å². The topological polar surface area (TPSA) is 48.3 Å². The fourth-order valence-corrected chi connectivity index (χ4v) is 1.54. The van der Waals surface area contributed by atoms with Crippen LogP contribution in [0.25, 0.3) is 0 Å². The molecule has 1 aromatic rings. The van der Waals surface area contributed by atoms with Crippen molar-refractivity contribution < 1.29 is 9.47 Å². The Balaban J connectivity index is 2.07. The lowest BCUT2D eigenvalue weighted by Crippen LogP contribution is -2.22. The van der Waals surface area contributed by atoms with E-state index in [2.05, 4.69) is 21.8 Å². The second-order valence-corrected chi connectivity index (χ2v) is 3.82. The van der Waals surface area contributed by atoms with Crippen molar-refractivity contribution in [1.29, 1.82) is 0 Å². The molecule has 0 aliphatic rings. The summed E-state index contributed by atoms with van der Waals surface area (Å²) < 4.78 is 12.4. The standard InChI is InChI=1S/C12H23N3O2/c1-3-6-15-7-4-14-12(15)11-13-5-8-17-10-9-16-2/h4,7,13H,3,5-6,8-11H2,1-2H3. The fraction of sp³-hybridized carbons (Fsp3) is 0.750. The number of hydrogen-bond acceptors (Lipinski definition) is 4. The van der Waals surface area contributed by atoms with Crippen LogP contribution in [0.1, 0.15) is 19.2 Å². The van der Waals surface area contributed by atoms with Gasteiger partial charge in [-0.1, -0.05) is 6.92 Å². The van der Waals surface area contributed by atoms with Crippen molar-refractivity contribution >= 4 is 0 Å². The minimum atomic E-state index is 0.654. The summed E-state index contributed by atoms with van der Waals surface area (Å²) in [7, 11) is 1.68. The van der Waals surface area contributed by atoms with E-state index < -0.39 is 0 Å². The van der Waals surface area contributed by atoms with Gasteiger partial charge in [-0.05, 0) is 6.42 Å². The van der Waals surface area contributed by atoms with E-state index in [-0.39, 0.29) is 0 Å². The van der Waals surface area contributed by atoms with Gasteiger partial charge in [-0.3, -0.25) is 0 Å². The summed E-state index contributed by atoms with van der Waals surface area (Å²) in [4.78, 5) is 4.32. The van der Waals surface area contributed by atoms with Gasteiger partial charge < -0.3 is 19.4 Å². The molecule has 0 saturated heterocycles. The molecule has 0 unspecified atom stereocenters. The summed E-state index contributed by atoms with van der Waals surface area (Å²) in [6.07, 6.45) is 5.00. The Morgan fingerprint density at radius 1 is 1.35 bits per heavy atom. The summed E-state index contributed by atoms with van der Waals surface area (Å²) >= 11 is 0. The smallest absolute Gasteiger partial charge is 0.122 e. The highest BCUT2D eigenvalue weighted by atomic mass is 16.5. The average Bonchev–Trinajstić information content (AvgIpc) is 2.76. The van der Waals surface area contributed by atoms with Crippen molar-refractivity contribution in [2.45, 2.75) is 26.4 Å². The first-order valence-corrected chi connectivity index (χ1v) is 6.16. The first-order valence-electron chi connectivity index (χ1n) is 6.16. The van der Waals surface area contributed by atoms with Gasteiger partial charge in [0.1, 0.15) is 5.82 Å². The van der Waals surface area contributed by atoms with E-state index in [1.807, 2.05) is 12.4 Å². The fourth-order valence-electron chi connectivity index (χ4n) is 1.54. The lowest BCUT2D eigenvalue weighted by atomic mass is 10.4. The lowest BCUT2D eigenvalue weighted by molar-refractivity contribution is 0.0718. The molecule has 1 heterocycles. The third kappa shape index (κ3) is 5.81. The van der Waals surface area contributed by atoms with E-state index in [1.54, 1.807) is 7.11 Å². The molecule has 1 rings (SSSR count). The number of hydrogen-bond donors (Lipinski definition) is 1. The third-order valence-corrected chi connectivity index (χ3v) is 2.40. The number of ether oxygens (including phenoxy) is 2. The highest BCUT2D eigenvalue weighted by molar-refractivity contribution is 4.91. The number of imidazole rings is 1. The van der Waals surface area contributed by atoms with Gasteiger partial charge in [0.05, 0.1) is 26.4 Å². The number of nitrogens with one attached hydrogen (secondary N) is 1. The molecule has 0 amide bonds. The zero-order valence-electron chi connectivity index (χ0n) is 10.8. The second kappa shape index (κ2) is 9.15.